The van der Waals surface area contributed by atoms with E-state index in [9.17, 15) is 0 Å². The van der Waals surface area contributed by atoms with Crippen LogP contribution in [0, 0.1) is 11.3 Å². The molecule has 2 N–H and O–H groups in total. The summed E-state index contributed by atoms with van der Waals surface area (Å²) < 4.78 is 0. The van der Waals surface area contributed by atoms with Gasteiger partial charge in [-0.05, 0) is 24.1 Å². The van der Waals surface area contributed by atoms with E-state index < -0.39 is 0 Å². The van der Waals surface area contributed by atoms with Crippen molar-refractivity contribution in [1.29, 1.82) is 5.26 Å². The molecule has 0 unspecified atom stereocenters. The van der Waals surface area contributed by atoms with Gasteiger partial charge < -0.3 is 10.3 Å². The quantitative estimate of drug-likeness (QED) is 0.750. The predicted octanol–water partition coefficient (Wildman–Crippen LogP) is 1.88. The van der Waals surface area contributed by atoms with E-state index in [1.54, 1.807) is 12.4 Å². The Morgan fingerprint density at radius 1 is 1.20 bits per heavy atom. The highest BCUT2D eigenvalue weighted by molar-refractivity contribution is 5.75. The van der Waals surface area contributed by atoms with Crippen LogP contribution in [0.4, 0.5) is 5.82 Å². The van der Waals surface area contributed by atoms with Crippen molar-refractivity contribution in [3.63, 3.8) is 0 Å². The SMILES string of the molecule is N#Cc1cc(NCCc2ccc3nc[nH]c3c2)ncn1. The minimum Gasteiger partial charge on any atom is -0.370 e. The molecule has 0 fully saturated rings. The van der Waals surface area contributed by atoms with Gasteiger partial charge in [0, 0.05) is 12.6 Å². The Kier molecular flexibility index (Phi) is 3.25. The maximum Gasteiger partial charge on any atom is 0.145 e. The monoisotopic (exact) mass is 264 g/mol. The molecule has 6 heteroatoms. The topological polar surface area (TPSA) is 90.3 Å². The molecule has 6 nitrogen and oxygen atoms in total. The van der Waals surface area contributed by atoms with Crippen molar-refractivity contribution >= 4 is 16.9 Å². The molecule has 3 rings (SSSR count). The van der Waals surface area contributed by atoms with Crippen LogP contribution < -0.4 is 5.32 Å². The minimum atomic E-state index is 0.362. The molecular formula is C14H12N6. The smallest absolute Gasteiger partial charge is 0.145 e. The van der Waals surface area contributed by atoms with Crippen LogP contribution in [0.1, 0.15) is 11.3 Å². The molecule has 0 radical (unpaired) electrons. The normalized spacial score (nSPS) is 10.3. The van der Waals surface area contributed by atoms with Gasteiger partial charge in [0.1, 0.15) is 23.9 Å². The second-order valence-corrected chi connectivity index (χ2v) is 4.33. The van der Waals surface area contributed by atoms with E-state index in [2.05, 4.69) is 37.4 Å². The van der Waals surface area contributed by atoms with Crippen molar-refractivity contribution in [3.05, 3.63) is 48.2 Å². The first-order valence-electron chi connectivity index (χ1n) is 6.23. The number of fused-ring (bicyclic) bond motifs is 1. The van der Waals surface area contributed by atoms with Crippen LogP contribution in [0.5, 0.6) is 0 Å². The van der Waals surface area contributed by atoms with Gasteiger partial charge in [-0.15, -0.1) is 0 Å². The lowest BCUT2D eigenvalue weighted by atomic mass is 10.1. The van der Waals surface area contributed by atoms with Crippen LogP contribution in [0.2, 0.25) is 0 Å². The minimum absolute atomic E-state index is 0.362. The number of hydrogen-bond acceptors (Lipinski definition) is 5. The molecule has 0 spiro atoms. The number of H-pyrrole nitrogens is 1. The van der Waals surface area contributed by atoms with Gasteiger partial charge in [-0.1, -0.05) is 6.07 Å². The average molecular weight is 264 g/mol. The summed E-state index contributed by atoms with van der Waals surface area (Å²) in [5.74, 6) is 0.666. The number of rotatable bonds is 4. The summed E-state index contributed by atoms with van der Waals surface area (Å²) in [4.78, 5) is 15.2. The van der Waals surface area contributed by atoms with Gasteiger partial charge in [-0.3, -0.25) is 0 Å². The van der Waals surface area contributed by atoms with Gasteiger partial charge >= 0.3 is 0 Å². The maximum atomic E-state index is 8.77. The molecule has 98 valence electrons. The van der Waals surface area contributed by atoms with Gasteiger partial charge in [0.2, 0.25) is 0 Å². The van der Waals surface area contributed by atoms with Gasteiger partial charge in [0.05, 0.1) is 17.4 Å². The van der Waals surface area contributed by atoms with Crippen LogP contribution in [0.3, 0.4) is 0 Å². The molecule has 2 heterocycles. The number of aromatic nitrogens is 4. The highest BCUT2D eigenvalue weighted by atomic mass is 15.0. The number of nitriles is 1. The highest BCUT2D eigenvalue weighted by Crippen LogP contribution is 2.12. The third-order valence-electron chi connectivity index (χ3n) is 2.99. The van der Waals surface area contributed by atoms with Gasteiger partial charge in [0.15, 0.2) is 0 Å². The molecule has 2 aromatic heterocycles. The Labute approximate surface area is 115 Å². The molecule has 20 heavy (non-hydrogen) atoms. The van der Waals surface area contributed by atoms with Gasteiger partial charge in [-0.2, -0.15) is 5.26 Å². The standard InChI is InChI=1S/C14H12N6/c15-7-11-6-14(20-8-17-11)16-4-3-10-1-2-12-13(5-10)19-9-18-12/h1-2,5-6,8-9H,3-4H2,(H,18,19)(H,16,17,20). The third kappa shape index (κ3) is 2.57. The first kappa shape index (κ1) is 12.1. The number of aromatic amines is 1. The number of anilines is 1. The molecule has 0 aliphatic heterocycles. The van der Waals surface area contributed by atoms with Crippen molar-refractivity contribution in [2.75, 3.05) is 11.9 Å². The molecule has 0 saturated heterocycles. The van der Waals surface area contributed by atoms with Crippen LogP contribution in [0.15, 0.2) is 36.9 Å². The fraction of sp³-hybridized carbons (Fsp3) is 0.143. The van der Waals surface area contributed by atoms with E-state index in [0.29, 0.717) is 11.5 Å². The molecular weight excluding hydrogens is 252 g/mol. The fourth-order valence-electron chi connectivity index (χ4n) is 1.99. The second kappa shape index (κ2) is 5.36. The van der Waals surface area contributed by atoms with E-state index in [0.717, 1.165) is 24.0 Å². The van der Waals surface area contributed by atoms with Gasteiger partial charge in [0.25, 0.3) is 0 Å². The Morgan fingerprint density at radius 2 is 2.15 bits per heavy atom. The van der Waals surface area contributed by atoms with Gasteiger partial charge in [-0.25, -0.2) is 15.0 Å². The molecule has 0 aliphatic carbocycles. The molecule has 0 atom stereocenters. The zero-order valence-electron chi connectivity index (χ0n) is 10.7. The average Bonchev–Trinajstić information content (AvgIpc) is 2.95. The summed E-state index contributed by atoms with van der Waals surface area (Å²) in [6.07, 6.45) is 3.94. The Hall–Kier alpha value is -2.94. The summed E-state index contributed by atoms with van der Waals surface area (Å²) in [5.41, 5.74) is 3.58. The summed E-state index contributed by atoms with van der Waals surface area (Å²) in [7, 11) is 0. The first-order valence-corrected chi connectivity index (χ1v) is 6.23. The molecule has 1 aromatic carbocycles. The lowest BCUT2D eigenvalue weighted by Gasteiger charge is -2.05. The van der Waals surface area contributed by atoms with Crippen molar-refractivity contribution in [2.24, 2.45) is 0 Å². The number of hydrogen-bond donors (Lipinski definition) is 2. The second-order valence-electron chi connectivity index (χ2n) is 4.33. The third-order valence-corrected chi connectivity index (χ3v) is 2.99. The largest absolute Gasteiger partial charge is 0.370 e. The van der Waals surface area contributed by atoms with Crippen LogP contribution in [-0.2, 0) is 6.42 Å². The zero-order valence-corrected chi connectivity index (χ0v) is 10.7. The van der Waals surface area contributed by atoms with Crippen molar-refractivity contribution in [3.8, 4) is 6.07 Å². The number of nitrogens with zero attached hydrogens (tertiary/aromatic N) is 4. The molecule has 0 bridgehead atoms. The molecule has 0 aliphatic rings. The highest BCUT2D eigenvalue weighted by Gasteiger charge is 2.00. The molecule has 0 amide bonds. The lowest BCUT2D eigenvalue weighted by molar-refractivity contribution is 0.998. The van der Waals surface area contributed by atoms with Crippen LogP contribution in [-0.4, -0.2) is 26.5 Å². The van der Waals surface area contributed by atoms with E-state index in [1.807, 2.05) is 12.1 Å². The van der Waals surface area contributed by atoms with E-state index in [-0.39, 0.29) is 0 Å². The van der Waals surface area contributed by atoms with E-state index in [4.69, 9.17) is 5.26 Å². The number of benzene rings is 1. The van der Waals surface area contributed by atoms with E-state index in [1.165, 1.54) is 11.9 Å². The van der Waals surface area contributed by atoms with Crippen molar-refractivity contribution in [2.45, 2.75) is 6.42 Å². The summed E-state index contributed by atoms with van der Waals surface area (Å²) in [5, 5.41) is 11.9. The van der Waals surface area contributed by atoms with Crippen LogP contribution in [0.25, 0.3) is 11.0 Å². The number of nitrogens with one attached hydrogen (secondary N) is 2. The first-order chi connectivity index (χ1) is 9.85. The number of imidazole rings is 1. The molecule has 3 aromatic rings. The summed E-state index contributed by atoms with van der Waals surface area (Å²) >= 11 is 0. The lowest BCUT2D eigenvalue weighted by Crippen LogP contribution is -2.06. The Morgan fingerprint density at radius 3 is 3.05 bits per heavy atom. The predicted molar refractivity (Wildman–Crippen MR) is 75.0 cm³/mol. The summed E-state index contributed by atoms with van der Waals surface area (Å²) in [6.45, 7) is 0.738. The Balaban J connectivity index is 1.63. The van der Waals surface area contributed by atoms with Crippen molar-refractivity contribution in [1.82, 2.24) is 19.9 Å². The van der Waals surface area contributed by atoms with Crippen LogP contribution >= 0.6 is 0 Å². The fourth-order valence-corrected chi connectivity index (χ4v) is 1.99. The van der Waals surface area contributed by atoms with Crippen molar-refractivity contribution < 1.29 is 0 Å². The maximum absolute atomic E-state index is 8.77. The zero-order chi connectivity index (χ0) is 13.8. The van der Waals surface area contributed by atoms with E-state index >= 15 is 0 Å². The Bertz CT molecular complexity index is 770. The molecule has 0 saturated carbocycles. The summed E-state index contributed by atoms with van der Waals surface area (Å²) in [6, 6.07) is 9.78.